The molecule has 19 nitrogen and oxygen atoms in total. The van der Waals surface area contributed by atoms with E-state index in [2.05, 4.69) is 31.1 Å². The molecule has 1 aliphatic rings. The summed E-state index contributed by atoms with van der Waals surface area (Å²) in [6, 6.07) is -2.90. The number of anilines is 1. The first-order valence-corrected chi connectivity index (χ1v) is 15.9. The van der Waals surface area contributed by atoms with Crippen molar-refractivity contribution in [2.45, 2.75) is 97.4 Å². The van der Waals surface area contributed by atoms with Gasteiger partial charge in [-0.1, -0.05) is 10.4 Å². The molecule has 2 atom stereocenters. The van der Waals surface area contributed by atoms with E-state index in [1.165, 1.54) is 25.4 Å². The van der Waals surface area contributed by atoms with Gasteiger partial charge in [-0.15, -0.1) is 16.4 Å². The molecule has 0 bridgehead atoms. The van der Waals surface area contributed by atoms with Crippen LogP contribution in [0.5, 0.6) is 0 Å². The third kappa shape index (κ3) is 9.40. The van der Waals surface area contributed by atoms with Crippen molar-refractivity contribution in [2.24, 2.45) is 5.16 Å². The van der Waals surface area contributed by atoms with Crippen molar-refractivity contribution >= 4 is 56.4 Å². The second kappa shape index (κ2) is 13.3. The number of carbonyl (C=O) groups is 4. The molecule has 0 aromatic carbocycles. The molecule has 2 aromatic rings. The van der Waals surface area contributed by atoms with Crippen LogP contribution < -0.4 is 10.6 Å². The van der Waals surface area contributed by atoms with E-state index in [9.17, 15) is 37.3 Å². The Balaban J connectivity index is 1.93. The van der Waals surface area contributed by atoms with Crippen molar-refractivity contribution in [1.82, 2.24) is 29.6 Å². The van der Waals surface area contributed by atoms with Gasteiger partial charge in [0, 0.05) is 5.38 Å². The number of nitrogens with one attached hydrogen (secondary N) is 2. The minimum Gasteiger partial charge on any atom is -0.457 e. The zero-order valence-electron chi connectivity index (χ0n) is 26.3. The number of carbonyl (C=O) groups excluding carboxylic acids is 4. The zero-order valence-corrected chi connectivity index (χ0v) is 27.9. The van der Waals surface area contributed by atoms with Crippen molar-refractivity contribution in [1.29, 1.82) is 0 Å². The summed E-state index contributed by atoms with van der Waals surface area (Å²) >= 11 is 0.889. The van der Waals surface area contributed by atoms with E-state index in [-0.39, 0.29) is 27.4 Å². The molecule has 46 heavy (non-hydrogen) atoms. The van der Waals surface area contributed by atoms with E-state index < -0.39 is 75.4 Å². The van der Waals surface area contributed by atoms with Gasteiger partial charge in [0.15, 0.2) is 10.8 Å². The Kier molecular flexibility index (Phi) is 10.5. The fourth-order valence-corrected chi connectivity index (χ4v) is 5.23. The van der Waals surface area contributed by atoms with Crippen molar-refractivity contribution in [3.8, 4) is 0 Å². The average Bonchev–Trinajstić information content (AvgIpc) is 3.53. The van der Waals surface area contributed by atoms with Gasteiger partial charge >= 0.3 is 22.4 Å². The lowest BCUT2D eigenvalue weighted by Crippen LogP contribution is -2.73. The topological polar surface area (TPSA) is 254 Å². The molecule has 21 heteroatoms. The molecule has 3 amide bonds. The van der Waals surface area contributed by atoms with Crippen LogP contribution in [0, 0.1) is 0 Å². The summed E-state index contributed by atoms with van der Waals surface area (Å²) in [5.74, 6) is -3.09. The Morgan fingerprint density at radius 2 is 1.72 bits per heavy atom. The van der Waals surface area contributed by atoms with E-state index in [4.69, 9.17) is 14.3 Å². The van der Waals surface area contributed by atoms with Crippen molar-refractivity contribution in [2.75, 3.05) is 5.32 Å². The van der Waals surface area contributed by atoms with Crippen LogP contribution in [0.25, 0.3) is 0 Å². The second-order valence-corrected chi connectivity index (χ2v) is 14.6. The molecule has 1 saturated heterocycles. The Morgan fingerprint density at radius 1 is 1.09 bits per heavy atom. The number of amides is 3. The third-order valence-corrected chi connectivity index (χ3v) is 7.36. The van der Waals surface area contributed by atoms with E-state index in [0.29, 0.717) is 0 Å². The monoisotopic (exact) mass is 688 g/mol. The van der Waals surface area contributed by atoms with Gasteiger partial charge in [0.25, 0.3) is 11.8 Å². The van der Waals surface area contributed by atoms with E-state index in [1.54, 1.807) is 41.5 Å². The molecule has 2 aromatic heterocycles. The molecule has 1 aliphatic heterocycles. The summed E-state index contributed by atoms with van der Waals surface area (Å²) in [5, 5.41) is 26.6. The Bertz CT molecular complexity index is 1620. The van der Waals surface area contributed by atoms with Crippen LogP contribution in [0.15, 0.2) is 16.7 Å². The number of hydrogen-bond donors (Lipinski definition) is 4. The number of ether oxygens (including phenoxy) is 2. The molecule has 0 spiro atoms. The predicted octanol–water partition coefficient (Wildman–Crippen LogP) is 0.614. The Hall–Kier alpha value is -4.21. The summed E-state index contributed by atoms with van der Waals surface area (Å²) < 4.78 is 45.3. The lowest BCUT2D eigenvalue weighted by molar-refractivity contribution is -0.179. The SMILES string of the molecule is CC(C)(C)OC(=O)Nc1nc(/C(=N/OC(C)(C)C(=O)OC(C)(C)C)C(=O)N[C@@H]2C(=O)N(S(=O)(=O)O)[C@@H]2Cn2cc(CO)nn2)cs1. The largest absolute Gasteiger partial charge is 0.457 e. The Labute approximate surface area is 268 Å². The molecule has 254 valence electrons. The third-order valence-electron chi connectivity index (χ3n) is 5.65. The predicted molar refractivity (Wildman–Crippen MR) is 160 cm³/mol. The average molecular weight is 689 g/mol. The first-order valence-electron chi connectivity index (χ1n) is 13.6. The van der Waals surface area contributed by atoms with Crippen molar-refractivity contribution < 1.29 is 51.6 Å². The molecule has 0 radical (unpaired) electrons. The summed E-state index contributed by atoms with van der Waals surface area (Å²) in [4.78, 5) is 61.0. The number of esters is 1. The number of β-lactam (4-membered cyclic amide) rings is 1. The van der Waals surface area contributed by atoms with Crippen LogP contribution in [0.3, 0.4) is 0 Å². The maximum absolute atomic E-state index is 13.6. The molecule has 0 aliphatic carbocycles. The van der Waals surface area contributed by atoms with Crippen LogP contribution in [0.1, 0.15) is 66.8 Å². The van der Waals surface area contributed by atoms with Crippen LogP contribution in [0.2, 0.25) is 0 Å². The van der Waals surface area contributed by atoms with Crippen LogP contribution in [-0.4, -0.2) is 101 Å². The van der Waals surface area contributed by atoms with Gasteiger partial charge < -0.3 is 24.7 Å². The maximum atomic E-state index is 13.6. The van der Waals surface area contributed by atoms with Gasteiger partial charge in [-0.2, -0.15) is 8.42 Å². The van der Waals surface area contributed by atoms with E-state index in [0.717, 1.165) is 16.0 Å². The molecule has 1 fully saturated rings. The van der Waals surface area contributed by atoms with Crippen molar-refractivity contribution in [3.05, 3.63) is 23.0 Å². The van der Waals surface area contributed by atoms with Gasteiger partial charge in [-0.25, -0.2) is 23.6 Å². The van der Waals surface area contributed by atoms with Gasteiger partial charge in [0.2, 0.25) is 5.60 Å². The highest BCUT2D eigenvalue weighted by Gasteiger charge is 2.54. The molecule has 0 saturated carbocycles. The minimum atomic E-state index is -5.05. The standard InChI is InChI=1S/C25H36N8O11S2/c1-23(2,3)42-20(37)25(7,8)44-30-16(14-12-45-21(26-14)28-22(38)43-24(4,5)6)18(35)27-17-15(33(19(17)36)46(39,40)41)10-32-9-13(11-34)29-31-32/h9,12,15,17,34H,10-11H2,1-8H3,(H,27,35)(H,26,28,38)(H,39,40,41)/b30-16-/t15-,17+/m1/s1. The summed E-state index contributed by atoms with van der Waals surface area (Å²) in [7, 11) is -5.05. The molecule has 3 rings (SSSR count). The number of aromatic nitrogens is 4. The van der Waals surface area contributed by atoms with Gasteiger partial charge in [-0.3, -0.25) is 19.5 Å². The van der Waals surface area contributed by atoms with E-state index >= 15 is 0 Å². The van der Waals surface area contributed by atoms with Gasteiger partial charge in [-0.05, 0) is 55.4 Å². The Morgan fingerprint density at radius 3 is 2.26 bits per heavy atom. The fraction of sp³-hybridized carbons (Fsp3) is 0.600. The highest BCUT2D eigenvalue weighted by Crippen LogP contribution is 2.26. The number of thiazole rings is 1. The maximum Gasteiger partial charge on any atom is 0.413 e. The molecule has 0 unspecified atom stereocenters. The van der Waals surface area contributed by atoms with Crippen molar-refractivity contribution in [3.63, 3.8) is 0 Å². The molecular weight excluding hydrogens is 652 g/mol. The normalized spacial score (nSPS) is 17.7. The second-order valence-electron chi connectivity index (χ2n) is 12.4. The quantitative estimate of drug-likeness (QED) is 0.0830. The fourth-order valence-electron chi connectivity index (χ4n) is 3.68. The number of aliphatic hydroxyl groups excluding tert-OH is 1. The number of nitrogens with zero attached hydrogens (tertiary/aromatic N) is 6. The lowest BCUT2D eigenvalue weighted by Gasteiger charge is -2.43. The highest BCUT2D eigenvalue weighted by atomic mass is 32.2. The number of hydrogen-bond acceptors (Lipinski definition) is 15. The van der Waals surface area contributed by atoms with Crippen LogP contribution in [0.4, 0.5) is 9.93 Å². The summed E-state index contributed by atoms with van der Waals surface area (Å²) in [5.41, 5.74) is -3.99. The van der Waals surface area contributed by atoms with Gasteiger partial charge in [0.1, 0.15) is 28.6 Å². The molecular formula is C25H36N8O11S2. The summed E-state index contributed by atoms with van der Waals surface area (Å²) in [6.07, 6.45) is 0.446. The zero-order chi connectivity index (χ0) is 34.8. The lowest BCUT2D eigenvalue weighted by atomic mass is 9.98. The molecule has 4 N–H and O–H groups in total. The number of rotatable bonds is 11. The number of oxime groups is 1. The smallest absolute Gasteiger partial charge is 0.413 e. The minimum absolute atomic E-state index is 0.00262. The van der Waals surface area contributed by atoms with Crippen LogP contribution >= 0.6 is 11.3 Å². The molecule has 3 heterocycles. The first kappa shape index (κ1) is 36.3. The highest BCUT2D eigenvalue weighted by molar-refractivity contribution is 7.84. The summed E-state index contributed by atoms with van der Waals surface area (Å²) in [6.45, 7) is 11.7. The van der Waals surface area contributed by atoms with E-state index in [1.807, 2.05) is 0 Å². The van der Waals surface area contributed by atoms with Crippen LogP contribution in [-0.2, 0) is 52.2 Å². The van der Waals surface area contributed by atoms with Gasteiger partial charge in [0.05, 0.1) is 25.4 Å². The first-order chi connectivity index (χ1) is 21.0. The number of aliphatic hydroxyl groups is 1.